The molecule has 16 heavy (non-hydrogen) atoms. The van der Waals surface area contributed by atoms with Gasteiger partial charge in [0.25, 0.3) is 0 Å². The van der Waals surface area contributed by atoms with Gasteiger partial charge in [0, 0.05) is 25.9 Å². The van der Waals surface area contributed by atoms with Gasteiger partial charge in [0.05, 0.1) is 0 Å². The molecule has 0 bridgehead atoms. The van der Waals surface area contributed by atoms with Crippen molar-refractivity contribution in [3.05, 3.63) is 12.3 Å². The Morgan fingerprint density at radius 3 is 2.75 bits per heavy atom. The molecule has 0 saturated heterocycles. The van der Waals surface area contributed by atoms with E-state index in [0.717, 1.165) is 31.7 Å². The molecule has 1 aromatic rings. The van der Waals surface area contributed by atoms with E-state index >= 15 is 0 Å². The molecule has 0 unspecified atom stereocenters. The average molecular weight is 224 g/mol. The van der Waals surface area contributed by atoms with Crippen LogP contribution in [0.5, 0.6) is 0 Å². The lowest BCUT2D eigenvalue weighted by Gasteiger charge is -2.23. The Kier molecular flexibility index (Phi) is 4.80. The summed E-state index contributed by atoms with van der Waals surface area (Å²) in [6.07, 6.45) is 5.39. The summed E-state index contributed by atoms with van der Waals surface area (Å²) in [7, 11) is 1.93. The fourth-order valence-electron chi connectivity index (χ4n) is 1.81. The Bertz CT molecular complexity index is 304. The number of hydrogen-bond donors (Lipinski definition) is 2. The quantitative estimate of drug-likeness (QED) is 0.696. The van der Waals surface area contributed by atoms with Crippen LogP contribution in [0.4, 0.5) is 5.82 Å². The molecule has 4 nitrogen and oxygen atoms in total. The fourth-order valence-corrected chi connectivity index (χ4v) is 1.81. The molecule has 0 amide bonds. The van der Waals surface area contributed by atoms with Gasteiger partial charge in [-0.05, 0) is 31.2 Å². The molecule has 1 heterocycles. The van der Waals surface area contributed by atoms with Crippen molar-refractivity contribution in [2.75, 3.05) is 18.4 Å². The molecule has 0 aromatic carbocycles. The highest BCUT2D eigenvalue weighted by Gasteiger charge is 2.15. The number of rotatable bonds is 7. The number of anilines is 1. The smallest absolute Gasteiger partial charge is 0.147 e. The highest BCUT2D eigenvalue weighted by atomic mass is 15.3. The standard InChI is InChI=1S/C12H24N4/c1-12(2,7-8-13)6-4-9-14-11-5-10-16(3)15-11/h5,10H,4,6-9,13H2,1-3H3,(H,14,15). The lowest BCUT2D eigenvalue weighted by molar-refractivity contribution is 0.308. The lowest BCUT2D eigenvalue weighted by Crippen LogP contribution is -2.18. The Morgan fingerprint density at radius 1 is 1.44 bits per heavy atom. The van der Waals surface area contributed by atoms with E-state index in [0.29, 0.717) is 5.41 Å². The molecule has 4 heteroatoms. The molecule has 1 rings (SSSR count). The van der Waals surface area contributed by atoms with Crippen LogP contribution in [0.1, 0.15) is 33.1 Å². The number of nitrogens with zero attached hydrogens (tertiary/aromatic N) is 2. The van der Waals surface area contributed by atoms with Crippen LogP contribution >= 0.6 is 0 Å². The van der Waals surface area contributed by atoms with Crippen molar-refractivity contribution in [2.24, 2.45) is 18.2 Å². The summed E-state index contributed by atoms with van der Waals surface area (Å²) in [6, 6.07) is 1.99. The number of nitrogens with one attached hydrogen (secondary N) is 1. The summed E-state index contributed by atoms with van der Waals surface area (Å²) in [5.41, 5.74) is 5.95. The number of nitrogens with two attached hydrogens (primary N) is 1. The molecule has 0 atom stereocenters. The molecular weight excluding hydrogens is 200 g/mol. The third-order valence-electron chi connectivity index (χ3n) is 2.87. The zero-order valence-electron chi connectivity index (χ0n) is 10.7. The first kappa shape index (κ1) is 13.0. The van der Waals surface area contributed by atoms with Crippen LogP contribution in [0.15, 0.2) is 12.3 Å². The predicted molar refractivity (Wildman–Crippen MR) is 68.4 cm³/mol. The molecule has 3 N–H and O–H groups in total. The van der Waals surface area contributed by atoms with Crippen LogP contribution in [0.25, 0.3) is 0 Å². The molecule has 0 fully saturated rings. The zero-order chi connectivity index (χ0) is 12.0. The highest BCUT2D eigenvalue weighted by molar-refractivity contribution is 5.31. The molecule has 0 spiro atoms. The maximum absolute atomic E-state index is 5.58. The maximum Gasteiger partial charge on any atom is 0.147 e. The van der Waals surface area contributed by atoms with E-state index in [1.165, 1.54) is 6.42 Å². The number of aryl methyl sites for hydroxylation is 1. The van der Waals surface area contributed by atoms with E-state index in [1.54, 1.807) is 4.68 Å². The molecular formula is C12H24N4. The first-order chi connectivity index (χ1) is 7.53. The normalized spacial score (nSPS) is 11.8. The Labute approximate surface area is 98.2 Å². The topological polar surface area (TPSA) is 55.9 Å². The van der Waals surface area contributed by atoms with Crippen molar-refractivity contribution >= 4 is 5.82 Å². The third-order valence-corrected chi connectivity index (χ3v) is 2.87. The SMILES string of the molecule is Cn1ccc(NCCCC(C)(C)CCN)n1. The first-order valence-electron chi connectivity index (χ1n) is 5.97. The van der Waals surface area contributed by atoms with E-state index in [-0.39, 0.29) is 0 Å². The van der Waals surface area contributed by atoms with E-state index in [9.17, 15) is 0 Å². The van der Waals surface area contributed by atoms with Crippen molar-refractivity contribution in [1.82, 2.24) is 9.78 Å². The third kappa shape index (κ3) is 4.66. The van der Waals surface area contributed by atoms with Crippen molar-refractivity contribution in [3.8, 4) is 0 Å². The predicted octanol–water partition coefficient (Wildman–Crippen LogP) is 1.99. The Hall–Kier alpha value is -1.03. The molecule has 0 saturated carbocycles. The van der Waals surface area contributed by atoms with Gasteiger partial charge in [-0.25, -0.2) is 0 Å². The van der Waals surface area contributed by atoms with Gasteiger partial charge in [-0.3, -0.25) is 4.68 Å². The van der Waals surface area contributed by atoms with Gasteiger partial charge in [0.1, 0.15) is 5.82 Å². The summed E-state index contributed by atoms with van der Waals surface area (Å²) in [6.45, 7) is 6.31. The van der Waals surface area contributed by atoms with Gasteiger partial charge in [0.2, 0.25) is 0 Å². The first-order valence-corrected chi connectivity index (χ1v) is 5.97. The summed E-state index contributed by atoms with van der Waals surface area (Å²) >= 11 is 0. The van der Waals surface area contributed by atoms with Crippen LogP contribution in [0, 0.1) is 5.41 Å². The van der Waals surface area contributed by atoms with Crippen molar-refractivity contribution < 1.29 is 0 Å². The highest BCUT2D eigenvalue weighted by Crippen LogP contribution is 2.25. The second-order valence-corrected chi connectivity index (χ2v) is 5.11. The van der Waals surface area contributed by atoms with Crippen LogP contribution in [-0.4, -0.2) is 22.9 Å². The second-order valence-electron chi connectivity index (χ2n) is 5.11. The molecule has 92 valence electrons. The van der Waals surface area contributed by atoms with Gasteiger partial charge in [0.15, 0.2) is 0 Å². The van der Waals surface area contributed by atoms with Crippen molar-refractivity contribution in [1.29, 1.82) is 0 Å². The minimum Gasteiger partial charge on any atom is -0.369 e. The zero-order valence-corrected chi connectivity index (χ0v) is 10.7. The van der Waals surface area contributed by atoms with E-state index in [1.807, 2.05) is 19.3 Å². The molecule has 1 aromatic heterocycles. The van der Waals surface area contributed by atoms with Gasteiger partial charge in [-0.2, -0.15) is 5.10 Å². The Balaban J connectivity index is 2.16. The van der Waals surface area contributed by atoms with Gasteiger partial charge < -0.3 is 11.1 Å². The van der Waals surface area contributed by atoms with Crippen molar-refractivity contribution in [3.63, 3.8) is 0 Å². The van der Waals surface area contributed by atoms with E-state index in [4.69, 9.17) is 5.73 Å². The van der Waals surface area contributed by atoms with E-state index < -0.39 is 0 Å². The second kappa shape index (κ2) is 5.89. The number of aromatic nitrogens is 2. The van der Waals surface area contributed by atoms with Crippen LogP contribution in [0.2, 0.25) is 0 Å². The summed E-state index contributed by atoms with van der Waals surface area (Å²) in [5.74, 6) is 0.958. The van der Waals surface area contributed by atoms with Gasteiger partial charge in [-0.1, -0.05) is 13.8 Å². The minimum atomic E-state index is 0.362. The van der Waals surface area contributed by atoms with E-state index in [2.05, 4.69) is 24.3 Å². The maximum atomic E-state index is 5.58. The van der Waals surface area contributed by atoms with Crippen molar-refractivity contribution in [2.45, 2.75) is 33.1 Å². The fraction of sp³-hybridized carbons (Fsp3) is 0.750. The lowest BCUT2D eigenvalue weighted by atomic mass is 9.84. The van der Waals surface area contributed by atoms with Crippen LogP contribution < -0.4 is 11.1 Å². The number of hydrogen-bond acceptors (Lipinski definition) is 3. The van der Waals surface area contributed by atoms with Gasteiger partial charge >= 0.3 is 0 Å². The monoisotopic (exact) mass is 224 g/mol. The molecule has 0 radical (unpaired) electrons. The van der Waals surface area contributed by atoms with Crippen LogP contribution in [0.3, 0.4) is 0 Å². The summed E-state index contributed by atoms with van der Waals surface area (Å²) in [5, 5.41) is 7.58. The van der Waals surface area contributed by atoms with Gasteiger partial charge in [-0.15, -0.1) is 0 Å². The average Bonchev–Trinajstić information content (AvgIpc) is 2.59. The minimum absolute atomic E-state index is 0.362. The summed E-state index contributed by atoms with van der Waals surface area (Å²) in [4.78, 5) is 0. The molecule has 0 aliphatic heterocycles. The summed E-state index contributed by atoms with van der Waals surface area (Å²) < 4.78 is 1.81. The molecule has 0 aliphatic rings. The Morgan fingerprint density at radius 2 is 2.19 bits per heavy atom. The van der Waals surface area contributed by atoms with Crippen LogP contribution in [-0.2, 0) is 7.05 Å². The largest absolute Gasteiger partial charge is 0.369 e. The molecule has 0 aliphatic carbocycles.